The maximum absolute atomic E-state index is 14.0. The van der Waals surface area contributed by atoms with Crippen molar-refractivity contribution in [3.8, 4) is 5.69 Å². The molecule has 0 saturated heterocycles. The Kier molecular flexibility index (Phi) is 3.30. The van der Waals surface area contributed by atoms with E-state index in [4.69, 9.17) is 11.1 Å². The molecule has 2 aromatic rings. The smallest absolute Gasteiger partial charge is 0.163 e. The molecule has 0 bridgehead atoms. The first-order valence-electron chi connectivity index (χ1n) is 4.53. The van der Waals surface area contributed by atoms with Gasteiger partial charge in [-0.1, -0.05) is 0 Å². The van der Waals surface area contributed by atoms with E-state index in [1.54, 1.807) is 18.5 Å². The van der Waals surface area contributed by atoms with Gasteiger partial charge in [0.2, 0.25) is 0 Å². The van der Waals surface area contributed by atoms with Crippen LogP contribution in [0.2, 0.25) is 0 Å². The van der Waals surface area contributed by atoms with Gasteiger partial charge in [-0.15, -0.1) is 0 Å². The van der Waals surface area contributed by atoms with Crippen LogP contribution in [0.4, 0.5) is 4.39 Å². The van der Waals surface area contributed by atoms with E-state index in [2.05, 4.69) is 37.0 Å². The molecule has 0 aliphatic carbocycles. The minimum absolute atomic E-state index is 0.161. The molecule has 3 N–H and O–H groups in total. The first-order chi connectivity index (χ1) is 8.00. The predicted octanol–water partition coefficient (Wildman–Crippen LogP) is 2.82. The zero-order chi connectivity index (χ0) is 12.6. The summed E-state index contributed by atoms with van der Waals surface area (Å²) >= 11 is 6.33. The van der Waals surface area contributed by atoms with Crippen LogP contribution in [0.1, 0.15) is 5.56 Å². The highest BCUT2D eigenvalue weighted by atomic mass is 79.9. The van der Waals surface area contributed by atoms with Crippen LogP contribution in [0, 0.1) is 11.2 Å². The Morgan fingerprint density at radius 3 is 2.65 bits per heavy atom. The second kappa shape index (κ2) is 4.58. The summed E-state index contributed by atoms with van der Waals surface area (Å²) in [4.78, 5) is 0. The molecule has 88 valence electrons. The molecule has 7 heteroatoms. The maximum atomic E-state index is 14.0. The number of rotatable bonds is 2. The van der Waals surface area contributed by atoms with E-state index < -0.39 is 5.82 Å². The van der Waals surface area contributed by atoms with Crippen LogP contribution < -0.4 is 5.73 Å². The van der Waals surface area contributed by atoms with Gasteiger partial charge < -0.3 is 5.73 Å². The zero-order valence-electron chi connectivity index (χ0n) is 8.42. The Morgan fingerprint density at radius 2 is 2.12 bits per heavy atom. The summed E-state index contributed by atoms with van der Waals surface area (Å²) in [5.41, 5.74) is 5.93. The fourth-order valence-corrected chi connectivity index (χ4v) is 2.19. The minimum atomic E-state index is -0.506. The lowest BCUT2D eigenvalue weighted by Gasteiger charge is -2.08. The zero-order valence-corrected chi connectivity index (χ0v) is 11.6. The Hall–Kier alpha value is -1.21. The van der Waals surface area contributed by atoms with Gasteiger partial charge in [-0.25, -0.2) is 9.07 Å². The summed E-state index contributed by atoms with van der Waals surface area (Å²) in [5.74, 6) is -0.697. The number of nitrogen functional groups attached to an aromatic ring is 1. The van der Waals surface area contributed by atoms with E-state index in [-0.39, 0.29) is 16.0 Å². The molecule has 0 spiro atoms. The Balaban J connectivity index is 2.58. The van der Waals surface area contributed by atoms with Crippen molar-refractivity contribution < 1.29 is 4.39 Å². The standard InChI is InChI=1S/C10H7Br2FN4/c11-5-3-16-17(4-5)7-2-1-6(10(14)15)8(12)9(7)13/h1-4H,(H3,14,15). The summed E-state index contributed by atoms with van der Waals surface area (Å²) in [6, 6.07) is 3.09. The lowest BCUT2D eigenvalue weighted by atomic mass is 10.2. The maximum Gasteiger partial charge on any atom is 0.163 e. The molecule has 0 aliphatic rings. The van der Waals surface area contributed by atoms with Gasteiger partial charge in [0.1, 0.15) is 11.5 Å². The van der Waals surface area contributed by atoms with Crippen molar-refractivity contribution in [2.75, 3.05) is 0 Å². The number of hydrogen-bond donors (Lipinski definition) is 2. The molecule has 1 aromatic heterocycles. The summed E-state index contributed by atoms with van der Waals surface area (Å²) < 4.78 is 16.4. The number of nitrogens with one attached hydrogen (secondary N) is 1. The van der Waals surface area contributed by atoms with E-state index in [1.165, 1.54) is 10.7 Å². The Morgan fingerprint density at radius 1 is 1.41 bits per heavy atom. The Labute approximate surface area is 113 Å². The third-order valence-electron chi connectivity index (χ3n) is 2.15. The normalized spacial score (nSPS) is 10.5. The van der Waals surface area contributed by atoms with Crippen LogP contribution in [0.5, 0.6) is 0 Å². The van der Waals surface area contributed by atoms with Crippen molar-refractivity contribution in [2.45, 2.75) is 0 Å². The van der Waals surface area contributed by atoms with E-state index in [1.807, 2.05) is 0 Å². The van der Waals surface area contributed by atoms with E-state index in [9.17, 15) is 4.39 Å². The van der Waals surface area contributed by atoms with E-state index >= 15 is 0 Å². The summed E-state index contributed by atoms with van der Waals surface area (Å²) in [6.07, 6.45) is 3.20. The molecular formula is C10H7Br2FN4. The van der Waals surface area contributed by atoms with Gasteiger partial charge in [0.05, 0.1) is 15.1 Å². The monoisotopic (exact) mass is 360 g/mol. The van der Waals surface area contributed by atoms with Gasteiger partial charge >= 0.3 is 0 Å². The first kappa shape index (κ1) is 12.3. The lowest BCUT2D eigenvalue weighted by molar-refractivity contribution is 0.604. The second-order valence-electron chi connectivity index (χ2n) is 3.28. The molecule has 1 heterocycles. The highest BCUT2D eigenvalue weighted by Crippen LogP contribution is 2.26. The van der Waals surface area contributed by atoms with Crippen molar-refractivity contribution in [3.63, 3.8) is 0 Å². The first-order valence-corrected chi connectivity index (χ1v) is 6.12. The van der Waals surface area contributed by atoms with Gasteiger partial charge in [-0.05, 0) is 44.0 Å². The highest BCUT2D eigenvalue weighted by Gasteiger charge is 2.14. The second-order valence-corrected chi connectivity index (χ2v) is 4.99. The van der Waals surface area contributed by atoms with Gasteiger partial charge in [-0.3, -0.25) is 5.41 Å². The number of halogens is 3. The molecule has 0 unspecified atom stereocenters. The topological polar surface area (TPSA) is 67.7 Å². The van der Waals surface area contributed by atoms with Crippen LogP contribution in [0.3, 0.4) is 0 Å². The molecule has 4 nitrogen and oxygen atoms in total. The molecule has 0 aliphatic heterocycles. The molecule has 0 saturated carbocycles. The average molecular weight is 362 g/mol. The molecular weight excluding hydrogens is 355 g/mol. The third kappa shape index (κ3) is 2.25. The molecule has 0 atom stereocenters. The van der Waals surface area contributed by atoms with Crippen LogP contribution in [-0.4, -0.2) is 15.6 Å². The van der Waals surface area contributed by atoms with Crippen molar-refractivity contribution in [1.82, 2.24) is 9.78 Å². The fraction of sp³-hybridized carbons (Fsp3) is 0. The number of aromatic nitrogens is 2. The van der Waals surface area contributed by atoms with E-state index in [0.29, 0.717) is 5.56 Å². The average Bonchev–Trinajstić information content (AvgIpc) is 2.68. The summed E-state index contributed by atoms with van der Waals surface area (Å²) in [5, 5.41) is 11.3. The summed E-state index contributed by atoms with van der Waals surface area (Å²) in [6.45, 7) is 0. The molecule has 2 rings (SSSR count). The quantitative estimate of drug-likeness (QED) is 0.638. The van der Waals surface area contributed by atoms with E-state index in [0.717, 1.165) is 4.47 Å². The van der Waals surface area contributed by atoms with Crippen molar-refractivity contribution in [3.05, 3.63) is 44.9 Å². The highest BCUT2D eigenvalue weighted by molar-refractivity contribution is 9.10. The lowest BCUT2D eigenvalue weighted by Crippen LogP contribution is -2.13. The van der Waals surface area contributed by atoms with Gasteiger partial charge in [0, 0.05) is 11.8 Å². The molecule has 1 aromatic carbocycles. The van der Waals surface area contributed by atoms with Crippen LogP contribution in [0.15, 0.2) is 33.5 Å². The SMILES string of the molecule is N=C(N)c1ccc(-n2cc(Br)cn2)c(F)c1Br. The van der Waals surface area contributed by atoms with Crippen molar-refractivity contribution in [2.24, 2.45) is 5.73 Å². The van der Waals surface area contributed by atoms with Gasteiger partial charge in [0.15, 0.2) is 5.82 Å². The molecule has 17 heavy (non-hydrogen) atoms. The predicted molar refractivity (Wildman–Crippen MR) is 69.9 cm³/mol. The van der Waals surface area contributed by atoms with Crippen molar-refractivity contribution >= 4 is 37.7 Å². The number of nitrogens with two attached hydrogens (primary N) is 1. The number of nitrogens with zero attached hydrogens (tertiary/aromatic N) is 2. The number of amidine groups is 1. The van der Waals surface area contributed by atoms with Gasteiger partial charge in [-0.2, -0.15) is 5.10 Å². The van der Waals surface area contributed by atoms with Crippen molar-refractivity contribution in [1.29, 1.82) is 5.41 Å². The molecule has 0 fully saturated rings. The third-order valence-corrected chi connectivity index (χ3v) is 3.33. The molecule has 0 radical (unpaired) electrons. The minimum Gasteiger partial charge on any atom is -0.384 e. The largest absolute Gasteiger partial charge is 0.384 e. The van der Waals surface area contributed by atoms with Crippen LogP contribution in [0.25, 0.3) is 5.69 Å². The van der Waals surface area contributed by atoms with Crippen LogP contribution in [-0.2, 0) is 0 Å². The Bertz CT molecular complexity index is 594. The summed E-state index contributed by atoms with van der Waals surface area (Å²) in [7, 11) is 0. The number of benzene rings is 1. The van der Waals surface area contributed by atoms with Gasteiger partial charge in [0.25, 0.3) is 0 Å². The molecule has 0 amide bonds. The van der Waals surface area contributed by atoms with Crippen LogP contribution >= 0.6 is 31.9 Å². The number of hydrogen-bond acceptors (Lipinski definition) is 2. The fourth-order valence-electron chi connectivity index (χ4n) is 1.36.